The van der Waals surface area contributed by atoms with Gasteiger partial charge in [0.15, 0.2) is 0 Å². The Kier molecular flexibility index (Phi) is 6.87. The summed E-state index contributed by atoms with van der Waals surface area (Å²) in [6.45, 7) is 4.71. The van der Waals surface area contributed by atoms with Gasteiger partial charge in [-0.15, -0.1) is 11.3 Å². The van der Waals surface area contributed by atoms with Crippen LogP contribution in [0.5, 0.6) is 0 Å². The quantitative estimate of drug-likeness (QED) is 0.777. The van der Waals surface area contributed by atoms with E-state index >= 15 is 0 Å². The molecule has 0 bridgehead atoms. The van der Waals surface area contributed by atoms with Crippen molar-refractivity contribution in [2.24, 2.45) is 0 Å². The summed E-state index contributed by atoms with van der Waals surface area (Å²) in [4.78, 5) is 14.3. The van der Waals surface area contributed by atoms with Gasteiger partial charge in [-0.3, -0.25) is 0 Å². The minimum absolute atomic E-state index is 0.299. The standard InChI is InChI=1S/C5H5NO2S.C3H7NS/c1-3-6-2-4(9-3)5(7)8;1-2-4-3-5/h2H,1H3,(H,7,8);3H,2H2,1H3,(H,4,5). The summed E-state index contributed by atoms with van der Waals surface area (Å²) in [5, 5.41) is 12.0. The molecule has 0 saturated carbocycles. The maximum atomic E-state index is 10.2. The number of thiazole rings is 1. The fourth-order valence-corrected chi connectivity index (χ4v) is 1.33. The van der Waals surface area contributed by atoms with Crippen molar-refractivity contribution in [3.63, 3.8) is 0 Å². The highest BCUT2D eigenvalue weighted by Gasteiger charge is 2.04. The SMILES string of the molecule is CCNC=S.Cc1ncc(C(=O)O)s1. The lowest BCUT2D eigenvalue weighted by atomic mass is 10.6. The number of aromatic nitrogens is 1. The van der Waals surface area contributed by atoms with E-state index in [0.717, 1.165) is 11.6 Å². The second kappa shape index (κ2) is 7.40. The van der Waals surface area contributed by atoms with E-state index in [4.69, 9.17) is 5.11 Å². The first-order valence-electron chi connectivity index (χ1n) is 3.94. The van der Waals surface area contributed by atoms with Gasteiger partial charge in [-0.05, 0) is 13.8 Å². The molecule has 6 heteroatoms. The lowest BCUT2D eigenvalue weighted by Gasteiger charge is -1.81. The van der Waals surface area contributed by atoms with Gasteiger partial charge in [0.25, 0.3) is 0 Å². The zero-order valence-electron chi connectivity index (χ0n) is 7.98. The number of nitrogens with zero attached hydrogens (tertiary/aromatic N) is 1. The number of hydrogen-bond donors (Lipinski definition) is 2. The van der Waals surface area contributed by atoms with E-state index < -0.39 is 5.97 Å². The molecule has 0 aliphatic rings. The molecule has 1 rings (SSSR count). The van der Waals surface area contributed by atoms with Gasteiger partial charge < -0.3 is 10.4 Å². The summed E-state index contributed by atoms with van der Waals surface area (Å²) in [6.07, 6.45) is 1.36. The lowest BCUT2D eigenvalue weighted by molar-refractivity contribution is 0.0702. The molecular formula is C8H12N2O2S2. The molecule has 0 atom stereocenters. The van der Waals surface area contributed by atoms with Gasteiger partial charge >= 0.3 is 5.97 Å². The van der Waals surface area contributed by atoms with E-state index in [2.05, 4.69) is 22.5 Å². The van der Waals surface area contributed by atoms with Crippen molar-refractivity contribution in [1.82, 2.24) is 10.3 Å². The van der Waals surface area contributed by atoms with Crippen molar-refractivity contribution >= 4 is 35.0 Å². The van der Waals surface area contributed by atoms with E-state index in [-0.39, 0.29) is 0 Å². The van der Waals surface area contributed by atoms with Crippen molar-refractivity contribution in [3.05, 3.63) is 16.1 Å². The Morgan fingerprint density at radius 2 is 2.50 bits per heavy atom. The van der Waals surface area contributed by atoms with Crippen molar-refractivity contribution < 1.29 is 9.90 Å². The Morgan fingerprint density at radius 1 is 1.86 bits per heavy atom. The van der Waals surface area contributed by atoms with Crippen molar-refractivity contribution in [2.75, 3.05) is 6.54 Å². The van der Waals surface area contributed by atoms with Gasteiger partial charge in [0.2, 0.25) is 0 Å². The highest BCUT2D eigenvalue weighted by atomic mass is 32.1. The molecule has 0 amide bonds. The number of hydrogen-bond acceptors (Lipinski definition) is 4. The van der Waals surface area contributed by atoms with Crippen LogP contribution in [-0.4, -0.2) is 28.1 Å². The van der Waals surface area contributed by atoms with Crippen LogP contribution < -0.4 is 5.32 Å². The predicted octanol–water partition coefficient (Wildman–Crippen LogP) is 1.70. The van der Waals surface area contributed by atoms with Gasteiger partial charge in [-0.25, -0.2) is 9.78 Å². The molecule has 0 saturated heterocycles. The highest BCUT2D eigenvalue weighted by Crippen LogP contribution is 2.10. The number of thiocarbonyl (C=S) groups is 1. The number of carboxylic acid groups (broad SMARTS) is 1. The van der Waals surface area contributed by atoms with E-state index in [0.29, 0.717) is 4.88 Å². The summed E-state index contributed by atoms with van der Waals surface area (Å²) in [5.74, 6) is -0.902. The zero-order valence-corrected chi connectivity index (χ0v) is 9.61. The fraction of sp³-hybridized carbons (Fsp3) is 0.375. The maximum Gasteiger partial charge on any atom is 0.347 e. The maximum absolute atomic E-state index is 10.2. The molecule has 4 nitrogen and oxygen atoms in total. The van der Waals surface area contributed by atoms with E-state index in [1.165, 1.54) is 23.0 Å². The lowest BCUT2D eigenvalue weighted by Crippen LogP contribution is -2.05. The van der Waals surface area contributed by atoms with Crippen LogP contribution >= 0.6 is 23.6 Å². The summed E-state index contributed by atoms with van der Waals surface area (Å²) < 4.78 is 0. The molecule has 1 aromatic heterocycles. The van der Waals surface area contributed by atoms with E-state index in [1.807, 2.05) is 6.92 Å². The molecule has 0 radical (unpaired) electrons. The first kappa shape index (κ1) is 13.0. The number of nitrogens with one attached hydrogen (secondary N) is 1. The molecule has 0 spiro atoms. The molecular weight excluding hydrogens is 220 g/mol. The molecule has 0 aliphatic heterocycles. The molecule has 0 unspecified atom stereocenters. The van der Waals surface area contributed by atoms with Crippen molar-refractivity contribution in [2.45, 2.75) is 13.8 Å². The molecule has 14 heavy (non-hydrogen) atoms. The smallest absolute Gasteiger partial charge is 0.347 e. The van der Waals surface area contributed by atoms with Gasteiger partial charge in [-0.2, -0.15) is 0 Å². The van der Waals surface area contributed by atoms with Crippen LogP contribution in [0.3, 0.4) is 0 Å². The van der Waals surface area contributed by atoms with Crippen LogP contribution in [0.1, 0.15) is 21.6 Å². The predicted molar refractivity (Wildman–Crippen MR) is 61.1 cm³/mol. The van der Waals surface area contributed by atoms with Crippen molar-refractivity contribution in [3.8, 4) is 0 Å². The average Bonchev–Trinajstić information content (AvgIpc) is 2.54. The third kappa shape index (κ3) is 5.60. The minimum atomic E-state index is -0.902. The van der Waals surface area contributed by atoms with E-state index in [1.54, 1.807) is 6.92 Å². The Hall–Kier alpha value is -1.01. The number of aromatic carboxylic acids is 1. The summed E-state index contributed by atoms with van der Waals surface area (Å²) in [7, 11) is 0. The largest absolute Gasteiger partial charge is 0.477 e. The molecule has 78 valence electrons. The van der Waals surface area contributed by atoms with Crippen molar-refractivity contribution in [1.29, 1.82) is 0 Å². The van der Waals surface area contributed by atoms with Gasteiger partial charge in [-0.1, -0.05) is 12.2 Å². The number of carbonyl (C=O) groups is 1. The van der Waals surface area contributed by atoms with Crippen LogP contribution in [0.4, 0.5) is 0 Å². The van der Waals surface area contributed by atoms with Gasteiger partial charge in [0, 0.05) is 6.54 Å². The summed E-state index contributed by atoms with van der Waals surface area (Å²) in [6, 6.07) is 0. The molecule has 0 aliphatic carbocycles. The highest BCUT2D eigenvalue weighted by molar-refractivity contribution is 7.78. The summed E-state index contributed by atoms with van der Waals surface area (Å²) >= 11 is 5.60. The van der Waals surface area contributed by atoms with Gasteiger partial charge in [0.1, 0.15) is 4.88 Å². The van der Waals surface area contributed by atoms with E-state index in [9.17, 15) is 4.79 Å². The van der Waals surface area contributed by atoms with Crippen LogP contribution in [-0.2, 0) is 0 Å². The first-order chi connectivity index (χ1) is 6.61. The topological polar surface area (TPSA) is 62.2 Å². The third-order valence-electron chi connectivity index (χ3n) is 1.12. The normalized spacial score (nSPS) is 8.43. The third-order valence-corrected chi connectivity index (χ3v) is 2.19. The van der Waals surface area contributed by atoms with Crippen LogP contribution in [0.2, 0.25) is 0 Å². The Labute approximate surface area is 92.0 Å². The van der Waals surface area contributed by atoms with Crippen LogP contribution in [0, 0.1) is 6.92 Å². The monoisotopic (exact) mass is 232 g/mol. The number of rotatable bonds is 3. The Bertz CT molecular complexity index is 299. The first-order valence-corrected chi connectivity index (χ1v) is 5.23. The molecule has 0 aromatic carbocycles. The zero-order chi connectivity index (χ0) is 11.0. The Balaban J connectivity index is 0.000000292. The Morgan fingerprint density at radius 3 is 2.64 bits per heavy atom. The molecule has 2 N–H and O–H groups in total. The van der Waals surface area contributed by atoms with Crippen LogP contribution in [0.15, 0.2) is 6.20 Å². The van der Waals surface area contributed by atoms with Gasteiger partial charge in [0.05, 0.1) is 16.7 Å². The number of carboxylic acids is 1. The average molecular weight is 232 g/mol. The van der Waals surface area contributed by atoms with Crippen LogP contribution in [0.25, 0.3) is 0 Å². The second-order valence-electron chi connectivity index (χ2n) is 2.22. The molecule has 1 aromatic rings. The fourth-order valence-electron chi connectivity index (χ4n) is 0.544. The minimum Gasteiger partial charge on any atom is -0.477 e. The molecule has 0 fully saturated rings. The number of aryl methyl sites for hydroxylation is 1. The second-order valence-corrected chi connectivity index (χ2v) is 3.69. The molecule has 1 heterocycles. The summed E-state index contributed by atoms with van der Waals surface area (Å²) in [5.41, 5.74) is 1.51.